The largest absolute Gasteiger partial charge is 0.393 e. The van der Waals surface area contributed by atoms with E-state index >= 15 is 0 Å². The molecule has 0 aliphatic carbocycles. The van der Waals surface area contributed by atoms with Gasteiger partial charge in [0, 0.05) is 20.6 Å². The Morgan fingerprint density at radius 3 is 2.27 bits per heavy atom. The van der Waals surface area contributed by atoms with Gasteiger partial charge in [-0.2, -0.15) is 0 Å². The number of imidazole rings is 1. The third-order valence-corrected chi connectivity index (χ3v) is 6.24. The zero-order valence-corrected chi connectivity index (χ0v) is 20.0. The molecule has 0 bridgehead atoms. The highest BCUT2D eigenvalue weighted by Crippen LogP contribution is 2.23. The first-order chi connectivity index (χ1) is 15.9. The number of hydrogen-bond donors (Lipinski definition) is 3. The van der Waals surface area contributed by atoms with Crippen molar-refractivity contribution in [2.45, 2.75) is 77.0 Å². The van der Waals surface area contributed by atoms with Crippen LogP contribution in [-0.4, -0.2) is 30.3 Å². The van der Waals surface area contributed by atoms with Gasteiger partial charge in [-0.05, 0) is 25.3 Å². The number of aromatic nitrogens is 4. The summed E-state index contributed by atoms with van der Waals surface area (Å²) >= 11 is 0. The van der Waals surface area contributed by atoms with Crippen LogP contribution in [0.4, 0.5) is 0 Å². The van der Waals surface area contributed by atoms with Gasteiger partial charge in [0.05, 0.1) is 12.1 Å². The SMILES string of the molecule is CC(O)CCCCCCCCC(NCc1ccccc1)c1nc2c(c(=O)[nH]c(=O)n2C)n1C. The predicted molar refractivity (Wildman–Crippen MR) is 131 cm³/mol. The Morgan fingerprint density at radius 2 is 1.61 bits per heavy atom. The molecule has 8 nitrogen and oxygen atoms in total. The summed E-state index contributed by atoms with van der Waals surface area (Å²) in [6.07, 6.45) is 8.31. The van der Waals surface area contributed by atoms with Crippen molar-refractivity contribution in [3.8, 4) is 0 Å². The standard InChI is InChI=1S/C25H37N5O3/c1-18(31)13-9-6-4-5-7-12-16-20(26-17-19-14-10-8-11-15-19)22-27-23-21(29(22)2)24(32)28-25(33)30(23)3/h8,10-11,14-15,18,20,26,31H,4-7,9,12-13,16-17H2,1-3H3,(H,28,32,33). The molecular weight excluding hydrogens is 418 g/mol. The van der Waals surface area contributed by atoms with Crippen molar-refractivity contribution < 1.29 is 5.11 Å². The summed E-state index contributed by atoms with van der Waals surface area (Å²) in [6.45, 7) is 2.54. The molecular formula is C25H37N5O3. The molecule has 3 N–H and O–H groups in total. The fraction of sp³-hybridized carbons (Fsp3) is 0.560. The smallest absolute Gasteiger partial charge is 0.329 e. The van der Waals surface area contributed by atoms with Crippen LogP contribution in [0, 0.1) is 0 Å². The molecule has 0 saturated heterocycles. The van der Waals surface area contributed by atoms with E-state index in [1.165, 1.54) is 23.0 Å². The second-order valence-corrected chi connectivity index (χ2v) is 8.99. The van der Waals surface area contributed by atoms with Gasteiger partial charge in [-0.3, -0.25) is 14.3 Å². The maximum Gasteiger partial charge on any atom is 0.329 e. The van der Waals surface area contributed by atoms with Crippen molar-refractivity contribution in [1.82, 2.24) is 24.4 Å². The van der Waals surface area contributed by atoms with Crippen LogP contribution >= 0.6 is 0 Å². The number of benzene rings is 1. The molecule has 0 spiro atoms. The van der Waals surface area contributed by atoms with Gasteiger partial charge in [0.15, 0.2) is 11.2 Å². The number of nitrogens with zero attached hydrogens (tertiary/aromatic N) is 3. The fourth-order valence-corrected chi connectivity index (χ4v) is 4.29. The number of hydrogen-bond acceptors (Lipinski definition) is 5. The predicted octanol–water partition coefficient (Wildman–Crippen LogP) is 3.29. The summed E-state index contributed by atoms with van der Waals surface area (Å²) in [4.78, 5) is 31.6. The highest BCUT2D eigenvalue weighted by atomic mass is 16.3. The zero-order valence-electron chi connectivity index (χ0n) is 20.0. The molecule has 180 valence electrons. The first kappa shape index (κ1) is 24.9. The van der Waals surface area contributed by atoms with Crippen molar-refractivity contribution in [2.24, 2.45) is 14.1 Å². The normalized spacial score (nSPS) is 13.5. The third kappa shape index (κ3) is 6.65. The van der Waals surface area contributed by atoms with E-state index in [4.69, 9.17) is 4.98 Å². The minimum absolute atomic E-state index is 0.0349. The van der Waals surface area contributed by atoms with E-state index in [-0.39, 0.29) is 12.1 Å². The molecule has 1 aromatic carbocycles. The van der Waals surface area contributed by atoms with Crippen molar-refractivity contribution in [2.75, 3.05) is 0 Å². The lowest BCUT2D eigenvalue weighted by Gasteiger charge is -2.19. The zero-order chi connectivity index (χ0) is 23.8. The van der Waals surface area contributed by atoms with Gasteiger partial charge in [-0.25, -0.2) is 9.78 Å². The van der Waals surface area contributed by atoms with Crippen molar-refractivity contribution >= 4 is 11.2 Å². The summed E-state index contributed by atoms with van der Waals surface area (Å²) < 4.78 is 3.20. The van der Waals surface area contributed by atoms with Gasteiger partial charge in [0.1, 0.15) is 5.82 Å². The van der Waals surface area contributed by atoms with Crippen LogP contribution in [0.25, 0.3) is 11.2 Å². The molecule has 2 atom stereocenters. The topological polar surface area (TPSA) is 105 Å². The second-order valence-electron chi connectivity index (χ2n) is 8.99. The molecule has 2 heterocycles. The lowest BCUT2D eigenvalue weighted by atomic mass is 10.0. The van der Waals surface area contributed by atoms with Crippen LogP contribution in [0.1, 0.15) is 75.7 Å². The molecule has 8 heteroatoms. The molecule has 0 fully saturated rings. The average Bonchev–Trinajstić information content (AvgIpc) is 3.14. The molecule has 3 aromatic rings. The van der Waals surface area contributed by atoms with E-state index in [1.807, 2.05) is 36.7 Å². The number of aromatic amines is 1. The van der Waals surface area contributed by atoms with E-state index in [2.05, 4.69) is 22.4 Å². The van der Waals surface area contributed by atoms with Crippen molar-refractivity contribution in [1.29, 1.82) is 0 Å². The van der Waals surface area contributed by atoms with Gasteiger partial charge in [-0.1, -0.05) is 68.9 Å². The number of aryl methyl sites for hydroxylation is 2. The molecule has 0 amide bonds. The highest BCUT2D eigenvalue weighted by molar-refractivity contribution is 5.70. The van der Waals surface area contributed by atoms with Gasteiger partial charge in [-0.15, -0.1) is 0 Å². The first-order valence-corrected chi connectivity index (χ1v) is 12.0. The Bertz CT molecular complexity index is 1130. The minimum atomic E-state index is -0.457. The second kappa shape index (κ2) is 12.0. The van der Waals surface area contributed by atoms with Crippen LogP contribution in [0.3, 0.4) is 0 Å². The van der Waals surface area contributed by atoms with E-state index < -0.39 is 11.2 Å². The number of rotatable bonds is 13. The third-order valence-electron chi connectivity index (χ3n) is 6.24. The maximum atomic E-state index is 12.4. The monoisotopic (exact) mass is 455 g/mol. The highest BCUT2D eigenvalue weighted by Gasteiger charge is 2.21. The summed E-state index contributed by atoms with van der Waals surface area (Å²) in [7, 11) is 3.46. The van der Waals surface area contributed by atoms with Gasteiger partial charge >= 0.3 is 5.69 Å². The molecule has 0 saturated carbocycles. The molecule has 0 aliphatic rings. The minimum Gasteiger partial charge on any atom is -0.393 e. The lowest BCUT2D eigenvalue weighted by Crippen LogP contribution is -2.29. The summed E-state index contributed by atoms with van der Waals surface area (Å²) in [6, 6.07) is 10.2. The quantitative estimate of drug-likeness (QED) is 0.343. The van der Waals surface area contributed by atoms with Crippen molar-refractivity contribution in [3.05, 3.63) is 62.6 Å². The number of fused-ring (bicyclic) bond motifs is 1. The Hall–Kier alpha value is -2.71. The van der Waals surface area contributed by atoms with Crippen LogP contribution < -0.4 is 16.6 Å². The molecule has 2 aromatic heterocycles. The Balaban J connectivity index is 1.70. The van der Waals surface area contributed by atoms with E-state index in [0.29, 0.717) is 17.7 Å². The molecule has 2 unspecified atom stereocenters. The molecule has 0 radical (unpaired) electrons. The fourth-order valence-electron chi connectivity index (χ4n) is 4.29. The summed E-state index contributed by atoms with van der Waals surface area (Å²) in [5.41, 5.74) is 1.14. The van der Waals surface area contributed by atoms with Crippen LogP contribution in [-0.2, 0) is 20.6 Å². The Labute approximate surface area is 194 Å². The molecule has 3 rings (SSSR count). The number of unbranched alkanes of at least 4 members (excludes halogenated alkanes) is 5. The van der Waals surface area contributed by atoms with Crippen LogP contribution in [0.5, 0.6) is 0 Å². The Kier molecular flexibility index (Phi) is 9.03. The Morgan fingerprint density at radius 1 is 0.970 bits per heavy atom. The molecule has 0 aliphatic heterocycles. The first-order valence-electron chi connectivity index (χ1n) is 12.0. The summed E-state index contributed by atoms with van der Waals surface area (Å²) in [5.74, 6) is 0.768. The number of H-pyrrole nitrogens is 1. The number of aliphatic hydroxyl groups excluding tert-OH is 1. The van der Waals surface area contributed by atoms with E-state index in [9.17, 15) is 14.7 Å². The maximum absolute atomic E-state index is 12.4. The van der Waals surface area contributed by atoms with Crippen molar-refractivity contribution in [3.63, 3.8) is 0 Å². The average molecular weight is 456 g/mol. The number of nitrogens with one attached hydrogen (secondary N) is 2. The van der Waals surface area contributed by atoms with Crippen LogP contribution in [0.2, 0.25) is 0 Å². The summed E-state index contributed by atoms with van der Waals surface area (Å²) in [5, 5.41) is 13.0. The lowest BCUT2D eigenvalue weighted by molar-refractivity contribution is 0.180. The number of aliphatic hydroxyl groups is 1. The van der Waals surface area contributed by atoms with Crippen LogP contribution in [0.15, 0.2) is 39.9 Å². The van der Waals surface area contributed by atoms with Gasteiger partial charge in [0.25, 0.3) is 5.56 Å². The van der Waals surface area contributed by atoms with Gasteiger partial charge < -0.3 is 15.0 Å². The van der Waals surface area contributed by atoms with E-state index in [1.54, 1.807) is 7.05 Å². The van der Waals surface area contributed by atoms with E-state index in [0.717, 1.165) is 44.3 Å². The molecule has 33 heavy (non-hydrogen) atoms. The van der Waals surface area contributed by atoms with Gasteiger partial charge in [0.2, 0.25) is 0 Å².